The van der Waals surface area contributed by atoms with Gasteiger partial charge in [0, 0.05) is 5.02 Å². The van der Waals surface area contributed by atoms with E-state index >= 15 is 0 Å². The first-order valence-corrected chi connectivity index (χ1v) is 5.79. The number of halogens is 2. The molecule has 0 saturated heterocycles. The van der Waals surface area contributed by atoms with E-state index in [1.54, 1.807) is 4.68 Å². The van der Waals surface area contributed by atoms with Gasteiger partial charge in [0.2, 0.25) is 0 Å². The van der Waals surface area contributed by atoms with E-state index in [9.17, 15) is 0 Å². The second kappa shape index (κ2) is 4.85. The molecule has 0 aliphatic heterocycles. The molecule has 0 N–H and O–H groups in total. The molecule has 2 rings (SSSR count). The zero-order valence-corrected chi connectivity index (χ0v) is 10.3. The van der Waals surface area contributed by atoms with Crippen LogP contribution in [-0.2, 0) is 12.4 Å². The van der Waals surface area contributed by atoms with Crippen LogP contribution in [0.2, 0.25) is 5.02 Å². The Morgan fingerprint density at radius 3 is 2.88 bits per heavy atom. The number of benzene rings is 1. The number of hydrogen-bond acceptors (Lipinski definition) is 2. The number of aryl methyl sites for hydroxylation is 1. The molecule has 1 heterocycles. The van der Waals surface area contributed by atoms with Gasteiger partial charge in [-0.3, -0.25) is 0 Å². The zero-order valence-electron chi connectivity index (χ0n) is 8.82. The molecule has 0 aliphatic rings. The Kier molecular flexibility index (Phi) is 3.46. The minimum absolute atomic E-state index is 0.351. The Morgan fingerprint density at radius 1 is 1.38 bits per heavy atom. The van der Waals surface area contributed by atoms with Crippen LogP contribution in [0, 0.1) is 6.92 Å². The molecule has 3 nitrogen and oxygen atoms in total. The Morgan fingerprint density at radius 2 is 2.19 bits per heavy atom. The van der Waals surface area contributed by atoms with Gasteiger partial charge in [0.1, 0.15) is 12.2 Å². The second-order valence-electron chi connectivity index (χ2n) is 3.56. The molecule has 16 heavy (non-hydrogen) atoms. The summed E-state index contributed by atoms with van der Waals surface area (Å²) in [7, 11) is 0. The second-order valence-corrected chi connectivity index (χ2v) is 4.24. The van der Waals surface area contributed by atoms with Crippen LogP contribution < -0.4 is 0 Å². The van der Waals surface area contributed by atoms with Crippen LogP contribution in [0.5, 0.6) is 0 Å². The fourth-order valence-corrected chi connectivity index (χ4v) is 1.97. The van der Waals surface area contributed by atoms with E-state index in [1.165, 1.54) is 6.33 Å². The molecule has 0 unspecified atom stereocenters. The Bertz CT molecular complexity index is 494. The Hall–Kier alpha value is -1.06. The molecule has 84 valence electrons. The van der Waals surface area contributed by atoms with Gasteiger partial charge in [0.25, 0.3) is 0 Å². The summed E-state index contributed by atoms with van der Waals surface area (Å²) in [4.78, 5) is 4.05. The van der Waals surface area contributed by atoms with Crippen LogP contribution in [0.3, 0.4) is 0 Å². The van der Waals surface area contributed by atoms with Crippen molar-refractivity contribution in [3.05, 3.63) is 46.5 Å². The van der Waals surface area contributed by atoms with Gasteiger partial charge in [-0.1, -0.05) is 23.7 Å². The Balaban J connectivity index is 2.27. The average molecular weight is 256 g/mol. The fourth-order valence-electron chi connectivity index (χ4n) is 1.47. The van der Waals surface area contributed by atoms with E-state index < -0.39 is 0 Å². The van der Waals surface area contributed by atoms with E-state index in [2.05, 4.69) is 10.1 Å². The maximum atomic E-state index is 6.15. The molecular weight excluding hydrogens is 245 g/mol. The molecule has 1 aromatic carbocycles. The largest absolute Gasteiger partial charge is 0.244 e. The molecule has 0 aliphatic carbocycles. The molecule has 0 spiro atoms. The summed E-state index contributed by atoms with van der Waals surface area (Å²) in [6.45, 7) is 2.61. The topological polar surface area (TPSA) is 30.7 Å². The van der Waals surface area contributed by atoms with Crippen molar-refractivity contribution in [2.24, 2.45) is 0 Å². The third-order valence-electron chi connectivity index (χ3n) is 2.34. The summed E-state index contributed by atoms with van der Waals surface area (Å²) in [5, 5.41) is 4.85. The number of nitrogens with zero attached hydrogens (tertiary/aromatic N) is 3. The molecule has 2 aromatic rings. The molecule has 5 heteroatoms. The fraction of sp³-hybridized carbons (Fsp3) is 0.273. The predicted molar refractivity (Wildman–Crippen MR) is 64.9 cm³/mol. The first-order valence-electron chi connectivity index (χ1n) is 4.88. The number of aromatic nitrogens is 3. The quantitative estimate of drug-likeness (QED) is 0.790. The highest BCUT2D eigenvalue weighted by Gasteiger charge is 2.06. The lowest BCUT2D eigenvalue weighted by Crippen LogP contribution is -2.06. The standard InChI is InChI=1S/C11H11Cl2N3/c1-8-2-3-9(10(13)4-8)6-16-11(5-12)14-7-15-16/h2-4,7H,5-6H2,1H3. The maximum absolute atomic E-state index is 6.15. The average Bonchev–Trinajstić information content (AvgIpc) is 2.69. The highest BCUT2D eigenvalue weighted by atomic mass is 35.5. The van der Waals surface area contributed by atoms with Crippen molar-refractivity contribution in [1.82, 2.24) is 14.8 Å². The van der Waals surface area contributed by atoms with Crippen molar-refractivity contribution in [2.75, 3.05) is 0 Å². The van der Waals surface area contributed by atoms with Crippen molar-refractivity contribution >= 4 is 23.2 Å². The highest BCUT2D eigenvalue weighted by molar-refractivity contribution is 6.31. The molecule has 0 fully saturated rings. The molecule has 0 atom stereocenters. The van der Waals surface area contributed by atoms with Gasteiger partial charge in [0.15, 0.2) is 0 Å². The third-order valence-corrected chi connectivity index (χ3v) is 2.93. The lowest BCUT2D eigenvalue weighted by atomic mass is 10.1. The smallest absolute Gasteiger partial charge is 0.142 e. The Labute approximate surface area is 104 Å². The van der Waals surface area contributed by atoms with Crippen LogP contribution in [0.25, 0.3) is 0 Å². The van der Waals surface area contributed by atoms with Crippen LogP contribution in [0.15, 0.2) is 24.5 Å². The summed E-state index contributed by atoms with van der Waals surface area (Å²) in [6, 6.07) is 5.96. The minimum atomic E-state index is 0.351. The highest BCUT2D eigenvalue weighted by Crippen LogP contribution is 2.18. The first kappa shape index (κ1) is 11.4. The van der Waals surface area contributed by atoms with Crippen molar-refractivity contribution in [3.63, 3.8) is 0 Å². The molecular formula is C11H11Cl2N3. The van der Waals surface area contributed by atoms with Crippen LogP contribution in [0.4, 0.5) is 0 Å². The molecule has 1 aromatic heterocycles. The van der Waals surface area contributed by atoms with E-state index in [-0.39, 0.29) is 0 Å². The summed E-state index contributed by atoms with van der Waals surface area (Å²) in [5.74, 6) is 1.10. The van der Waals surface area contributed by atoms with Crippen molar-refractivity contribution in [2.45, 2.75) is 19.3 Å². The number of alkyl halides is 1. The zero-order chi connectivity index (χ0) is 11.5. The number of rotatable bonds is 3. The molecule has 0 saturated carbocycles. The minimum Gasteiger partial charge on any atom is -0.244 e. The van der Waals surface area contributed by atoms with Gasteiger partial charge in [-0.2, -0.15) is 5.10 Å². The van der Waals surface area contributed by atoms with Crippen LogP contribution in [0.1, 0.15) is 17.0 Å². The van der Waals surface area contributed by atoms with Crippen LogP contribution >= 0.6 is 23.2 Å². The van der Waals surface area contributed by atoms with E-state index in [0.717, 1.165) is 22.0 Å². The summed E-state index contributed by atoms with van der Waals surface area (Å²) in [5.41, 5.74) is 2.16. The van der Waals surface area contributed by atoms with E-state index in [0.29, 0.717) is 12.4 Å². The van der Waals surface area contributed by atoms with Crippen LogP contribution in [-0.4, -0.2) is 14.8 Å². The van der Waals surface area contributed by atoms with E-state index in [1.807, 2.05) is 25.1 Å². The summed E-state index contributed by atoms with van der Waals surface area (Å²) in [6.07, 6.45) is 1.50. The van der Waals surface area contributed by atoms with Gasteiger partial charge < -0.3 is 0 Å². The van der Waals surface area contributed by atoms with Gasteiger partial charge in [0.05, 0.1) is 12.4 Å². The van der Waals surface area contributed by atoms with Gasteiger partial charge in [-0.25, -0.2) is 9.67 Å². The van der Waals surface area contributed by atoms with Gasteiger partial charge in [-0.15, -0.1) is 11.6 Å². The van der Waals surface area contributed by atoms with Crippen molar-refractivity contribution < 1.29 is 0 Å². The predicted octanol–water partition coefficient (Wildman–Crippen LogP) is 3.03. The summed E-state index contributed by atoms with van der Waals surface area (Å²) < 4.78 is 1.75. The molecule has 0 radical (unpaired) electrons. The number of hydrogen-bond donors (Lipinski definition) is 0. The monoisotopic (exact) mass is 255 g/mol. The lowest BCUT2D eigenvalue weighted by Gasteiger charge is -2.07. The molecule has 0 amide bonds. The molecule has 0 bridgehead atoms. The van der Waals surface area contributed by atoms with Gasteiger partial charge >= 0.3 is 0 Å². The first-order chi connectivity index (χ1) is 7.70. The maximum Gasteiger partial charge on any atom is 0.142 e. The summed E-state index contributed by atoms with van der Waals surface area (Å²) >= 11 is 11.9. The van der Waals surface area contributed by atoms with E-state index in [4.69, 9.17) is 23.2 Å². The normalized spacial score (nSPS) is 10.7. The van der Waals surface area contributed by atoms with Crippen molar-refractivity contribution in [1.29, 1.82) is 0 Å². The lowest BCUT2D eigenvalue weighted by molar-refractivity contribution is 0.656. The third kappa shape index (κ3) is 2.36. The van der Waals surface area contributed by atoms with Gasteiger partial charge in [-0.05, 0) is 24.1 Å². The van der Waals surface area contributed by atoms with Crippen molar-refractivity contribution in [3.8, 4) is 0 Å². The SMILES string of the molecule is Cc1ccc(Cn2ncnc2CCl)c(Cl)c1.